The molecule has 11 heteroatoms. The van der Waals surface area contributed by atoms with Crippen LogP contribution in [0.2, 0.25) is 0 Å². The van der Waals surface area contributed by atoms with Crippen LogP contribution in [0.25, 0.3) is 11.0 Å². The summed E-state index contributed by atoms with van der Waals surface area (Å²) in [5, 5.41) is 3.77. The first kappa shape index (κ1) is 25.3. The molecule has 3 aromatic rings. The number of piperazine rings is 1. The third-order valence-corrected chi connectivity index (χ3v) is 6.42. The van der Waals surface area contributed by atoms with Gasteiger partial charge in [0.25, 0.3) is 0 Å². The number of fused-ring (bicyclic) bond motifs is 1. The lowest BCUT2D eigenvalue weighted by Crippen LogP contribution is -2.52. The summed E-state index contributed by atoms with van der Waals surface area (Å²) in [6, 6.07) is 5.38. The Morgan fingerprint density at radius 3 is 2.47 bits per heavy atom. The third-order valence-electron chi connectivity index (χ3n) is 6.42. The summed E-state index contributed by atoms with van der Waals surface area (Å²) < 4.78 is 40.3. The van der Waals surface area contributed by atoms with Gasteiger partial charge in [-0.05, 0) is 51.0 Å². The fourth-order valence-electron chi connectivity index (χ4n) is 4.53. The van der Waals surface area contributed by atoms with Crippen molar-refractivity contribution in [3.05, 3.63) is 52.5 Å². The summed E-state index contributed by atoms with van der Waals surface area (Å²) in [6.45, 7) is 8.83. The number of benzene rings is 1. The zero-order valence-corrected chi connectivity index (χ0v) is 20.7. The van der Waals surface area contributed by atoms with Gasteiger partial charge < -0.3 is 15.1 Å². The number of hydrogen-bond donors (Lipinski definition) is 1. The van der Waals surface area contributed by atoms with Crippen LogP contribution in [-0.4, -0.2) is 51.3 Å². The molecule has 1 aliphatic rings. The number of anilines is 2. The molecule has 0 bridgehead atoms. The van der Waals surface area contributed by atoms with E-state index in [-0.39, 0.29) is 23.9 Å². The largest absolute Gasteiger partial charge is 0.416 e. The molecule has 8 nitrogen and oxygen atoms in total. The van der Waals surface area contributed by atoms with Gasteiger partial charge in [-0.15, -0.1) is 0 Å². The normalized spacial score (nSPS) is 15.4. The van der Waals surface area contributed by atoms with Crippen molar-refractivity contribution in [2.75, 3.05) is 29.9 Å². The van der Waals surface area contributed by atoms with Crippen molar-refractivity contribution in [3.63, 3.8) is 0 Å². The van der Waals surface area contributed by atoms with E-state index in [2.05, 4.69) is 20.3 Å². The molecule has 1 N–H and O–H groups in total. The Bertz CT molecular complexity index is 1360. The van der Waals surface area contributed by atoms with E-state index in [0.717, 1.165) is 6.07 Å². The maximum atomic E-state index is 13.4. The molecule has 4 rings (SSSR count). The Hall–Kier alpha value is -3.76. The van der Waals surface area contributed by atoms with E-state index in [1.54, 1.807) is 37.8 Å². The molecule has 1 atom stereocenters. The predicted octanol–water partition coefficient (Wildman–Crippen LogP) is 4.34. The summed E-state index contributed by atoms with van der Waals surface area (Å²) in [4.78, 5) is 41.1. The Kier molecular flexibility index (Phi) is 6.59. The van der Waals surface area contributed by atoms with Crippen molar-refractivity contribution in [2.24, 2.45) is 0 Å². The van der Waals surface area contributed by atoms with Crippen molar-refractivity contribution in [2.45, 2.75) is 46.8 Å². The number of aryl methyl sites for hydroxylation is 2. The smallest absolute Gasteiger partial charge is 0.363 e. The number of alkyl halides is 3. The Labute approximate surface area is 206 Å². The van der Waals surface area contributed by atoms with Crippen LogP contribution in [-0.2, 0) is 15.8 Å². The van der Waals surface area contributed by atoms with Gasteiger partial charge in [-0.25, -0.2) is 15.0 Å². The first-order valence-corrected chi connectivity index (χ1v) is 11.5. The summed E-state index contributed by atoms with van der Waals surface area (Å²) in [5.41, 5.74) is 1.54. The van der Waals surface area contributed by atoms with Gasteiger partial charge in [0.15, 0.2) is 5.65 Å². The second-order valence-electron chi connectivity index (χ2n) is 8.95. The molecule has 2 amide bonds. The van der Waals surface area contributed by atoms with Gasteiger partial charge >= 0.3 is 6.18 Å². The van der Waals surface area contributed by atoms with Crippen molar-refractivity contribution < 1.29 is 22.8 Å². The third kappa shape index (κ3) is 4.82. The first-order chi connectivity index (χ1) is 16.9. The maximum absolute atomic E-state index is 13.4. The summed E-state index contributed by atoms with van der Waals surface area (Å²) in [6.07, 6.45) is -4.45. The molecule has 0 saturated carbocycles. The Morgan fingerprint density at radius 1 is 1.11 bits per heavy atom. The lowest BCUT2D eigenvalue weighted by Gasteiger charge is -2.34. The van der Waals surface area contributed by atoms with E-state index < -0.39 is 17.8 Å². The minimum Gasteiger partial charge on any atom is -0.363 e. The predicted molar refractivity (Wildman–Crippen MR) is 130 cm³/mol. The topological polar surface area (TPSA) is 91.3 Å². The molecule has 1 saturated heterocycles. The minimum absolute atomic E-state index is 0.0197. The highest BCUT2D eigenvalue weighted by Gasteiger charge is 2.33. The highest BCUT2D eigenvalue weighted by atomic mass is 19.4. The number of pyridine rings is 1. The van der Waals surface area contributed by atoms with Gasteiger partial charge in [0.05, 0.1) is 28.4 Å². The van der Waals surface area contributed by atoms with Crippen LogP contribution in [0.3, 0.4) is 0 Å². The van der Waals surface area contributed by atoms with Crippen molar-refractivity contribution in [1.29, 1.82) is 0 Å². The van der Waals surface area contributed by atoms with Crippen LogP contribution in [0, 0.1) is 20.8 Å². The number of hydrogen-bond acceptors (Lipinski definition) is 6. The number of nitrogens with zero attached hydrogens (tertiary/aromatic N) is 5. The summed E-state index contributed by atoms with van der Waals surface area (Å²) in [5.74, 6) is 0.468. The summed E-state index contributed by atoms with van der Waals surface area (Å²) >= 11 is 0. The average molecular weight is 501 g/mol. The van der Waals surface area contributed by atoms with Gasteiger partial charge in [0, 0.05) is 20.0 Å². The van der Waals surface area contributed by atoms with E-state index in [0.29, 0.717) is 52.7 Å². The number of halogens is 3. The molecular weight excluding hydrogens is 473 g/mol. The van der Waals surface area contributed by atoms with Crippen LogP contribution < -0.4 is 10.2 Å². The van der Waals surface area contributed by atoms with E-state index in [9.17, 15) is 22.8 Å². The number of carbonyl (C=O) groups excluding carboxylic acids is 2. The Morgan fingerprint density at radius 2 is 1.83 bits per heavy atom. The number of aromatic nitrogens is 3. The lowest BCUT2D eigenvalue weighted by atomic mass is 9.97. The standard InChI is InChI=1S/C25H27F3N6O2/c1-13-18(7-6-8-20(13)25(26,27)28)14(2)29-23-19-11-21(15(3)30-24(19)32-16(4)31-23)34-10-9-33(17(5)35)12-22(34)36/h6-8,11,14H,9-10,12H2,1-5H3,(H,29,30,31,32). The van der Waals surface area contributed by atoms with Crippen LogP contribution in [0.1, 0.15) is 48.1 Å². The lowest BCUT2D eigenvalue weighted by molar-refractivity contribution is -0.138. The van der Waals surface area contributed by atoms with Gasteiger partial charge in [0.2, 0.25) is 11.8 Å². The molecule has 2 aromatic heterocycles. The molecule has 1 aromatic carbocycles. The molecule has 36 heavy (non-hydrogen) atoms. The van der Waals surface area contributed by atoms with Gasteiger partial charge in [-0.1, -0.05) is 12.1 Å². The molecule has 1 unspecified atom stereocenters. The minimum atomic E-state index is -4.45. The van der Waals surface area contributed by atoms with E-state index in [1.807, 2.05) is 0 Å². The van der Waals surface area contributed by atoms with Crippen molar-refractivity contribution in [3.8, 4) is 0 Å². The monoisotopic (exact) mass is 500 g/mol. The van der Waals surface area contributed by atoms with Crippen LogP contribution in [0.4, 0.5) is 24.7 Å². The zero-order chi connectivity index (χ0) is 26.4. The maximum Gasteiger partial charge on any atom is 0.416 e. The molecule has 0 spiro atoms. The number of carbonyl (C=O) groups is 2. The van der Waals surface area contributed by atoms with Crippen molar-refractivity contribution in [1.82, 2.24) is 19.9 Å². The van der Waals surface area contributed by atoms with Crippen LogP contribution in [0.15, 0.2) is 24.3 Å². The molecule has 1 aliphatic heterocycles. The second kappa shape index (κ2) is 9.36. The molecule has 1 fully saturated rings. The van der Waals surface area contributed by atoms with Gasteiger partial charge in [-0.2, -0.15) is 13.2 Å². The molecule has 190 valence electrons. The Balaban J connectivity index is 1.73. The van der Waals surface area contributed by atoms with Crippen molar-refractivity contribution >= 4 is 34.4 Å². The highest BCUT2D eigenvalue weighted by molar-refractivity contribution is 6.00. The molecular formula is C25H27F3N6O2. The molecule has 0 aliphatic carbocycles. The fraction of sp³-hybridized carbons (Fsp3) is 0.400. The quantitative estimate of drug-likeness (QED) is 0.573. The van der Waals surface area contributed by atoms with E-state index >= 15 is 0 Å². The summed E-state index contributed by atoms with van der Waals surface area (Å²) in [7, 11) is 0. The number of amides is 2. The molecule has 0 radical (unpaired) electrons. The zero-order valence-electron chi connectivity index (χ0n) is 20.7. The van der Waals surface area contributed by atoms with Gasteiger partial charge in [-0.3, -0.25) is 9.59 Å². The van der Waals surface area contributed by atoms with Crippen LogP contribution >= 0.6 is 0 Å². The highest BCUT2D eigenvalue weighted by Crippen LogP contribution is 2.36. The average Bonchev–Trinajstić information content (AvgIpc) is 2.78. The van der Waals surface area contributed by atoms with E-state index in [1.165, 1.54) is 24.8 Å². The molecule has 3 heterocycles. The van der Waals surface area contributed by atoms with Gasteiger partial charge in [0.1, 0.15) is 18.2 Å². The van der Waals surface area contributed by atoms with E-state index in [4.69, 9.17) is 0 Å². The SMILES string of the molecule is CC(=O)N1CCN(c2cc3c(NC(C)c4cccc(C(F)(F)F)c4C)nc(C)nc3nc2C)C(=O)C1. The fourth-order valence-corrected chi connectivity index (χ4v) is 4.53. The van der Waals surface area contributed by atoms with Crippen LogP contribution in [0.5, 0.6) is 0 Å². The number of nitrogens with one attached hydrogen (secondary N) is 1. The second-order valence-corrected chi connectivity index (χ2v) is 8.95. The first-order valence-electron chi connectivity index (χ1n) is 11.5. The number of rotatable bonds is 4.